The number of hydrogen-bond donors (Lipinski definition) is 1. The highest BCUT2D eigenvalue weighted by Crippen LogP contribution is 2.20. The Morgan fingerprint density at radius 1 is 1.44 bits per heavy atom. The summed E-state index contributed by atoms with van der Waals surface area (Å²) in [6.07, 6.45) is 3.17. The van der Waals surface area contributed by atoms with Gasteiger partial charge in [-0.05, 0) is 28.1 Å². The van der Waals surface area contributed by atoms with E-state index in [-0.39, 0.29) is 12.5 Å². The quantitative estimate of drug-likeness (QED) is 0.931. The minimum atomic E-state index is -0.141. The van der Waals surface area contributed by atoms with Crippen molar-refractivity contribution in [3.05, 3.63) is 41.1 Å². The molecule has 1 aromatic heterocycles. The molecular weight excluding hydrogens is 272 g/mol. The number of para-hydroxylation sites is 1. The summed E-state index contributed by atoms with van der Waals surface area (Å²) >= 11 is 3.35. The zero-order valence-electron chi connectivity index (χ0n) is 8.30. The average molecular weight is 281 g/mol. The van der Waals surface area contributed by atoms with Crippen molar-refractivity contribution in [2.24, 2.45) is 0 Å². The normalized spacial score (nSPS) is 10.1. The van der Waals surface area contributed by atoms with Gasteiger partial charge in [-0.2, -0.15) is 0 Å². The van der Waals surface area contributed by atoms with Crippen LogP contribution in [0.5, 0.6) is 0 Å². The van der Waals surface area contributed by atoms with Gasteiger partial charge in [-0.25, -0.2) is 4.68 Å². The molecule has 1 aromatic carbocycles. The molecule has 0 bridgehead atoms. The number of anilines is 1. The molecule has 0 atom stereocenters. The van der Waals surface area contributed by atoms with Gasteiger partial charge in [-0.3, -0.25) is 4.79 Å². The second-order valence-corrected chi connectivity index (χ2v) is 3.98. The Balaban J connectivity index is 2.00. The molecule has 1 amide bonds. The van der Waals surface area contributed by atoms with Gasteiger partial charge < -0.3 is 5.32 Å². The molecule has 0 aliphatic rings. The molecule has 16 heavy (non-hydrogen) atoms. The van der Waals surface area contributed by atoms with E-state index < -0.39 is 0 Å². The van der Waals surface area contributed by atoms with E-state index in [4.69, 9.17) is 0 Å². The number of amides is 1. The molecule has 0 unspecified atom stereocenters. The summed E-state index contributed by atoms with van der Waals surface area (Å²) in [6, 6.07) is 7.43. The van der Waals surface area contributed by atoms with Crippen molar-refractivity contribution in [3.8, 4) is 0 Å². The minimum absolute atomic E-state index is 0.141. The summed E-state index contributed by atoms with van der Waals surface area (Å²) in [5.41, 5.74) is 0.743. The van der Waals surface area contributed by atoms with E-state index in [9.17, 15) is 4.79 Å². The summed E-state index contributed by atoms with van der Waals surface area (Å²) in [4.78, 5) is 11.6. The van der Waals surface area contributed by atoms with E-state index in [1.54, 1.807) is 6.20 Å². The number of carbonyl (C=O) groups excluding carboxylic acids is 1. The molecule has 0 aliphatic carbocycles. The second-order valence-electron chi connectivity index (χ2n) is 3.13. The number of halogens is 1. The maximum atomic E-state index is 11.6. The fraction of sp³-hybridized carbons (Fsp3) is 0.100. The smallest absolute Gasteiger partial charge is 0.246 e. The Bertz CT molecular complexity index is 483. The number of carbonyl (C=O) groups is 1. The summed E-state index contributed by atoms with van der Waals surface area (Å²) < 4.78 is 2.31. The van der Waals surface area contributed by atoms with Gasteiger partial charge in [0.15, 0.2) is 0 Å². The lowest BCUT2D eigenvalue weighted by molar-refractivity contribution is -0.116. The van der Waals surface area contributed by atoms with Gasteiger partial charge in [0.25, 0.3) is 0 Å². The Hall–Kier alpha value is -1.69. The van der Waals surface area contributed by atoms with Crippen LogP contribution in [0.4, 0.5) is 5.69 Å². The van der Waals surface area contributed by atoms with Crippen LogP contribution >= 0.6 is 15.9 Å². The summed E-state index contributed by atoms with van der Waals surface area (Å²) in [6.45, 7) is 0.154. The van der Waals surface area contributed by atoms with Crippen LogP contribution in [-0.2, 0) is 11.3 Å². The summed E-state index contributed by atoms with van der Waals surface area (Å²) in [5, 5.41) is 10.1. The van der Waals surface area contributed by atoms with Crippen LogP contribution in [-0.4, -0.2) is 20.9 Å². The van der Waals surface area contributed by atoms with Gasteiger partial charge >= 0.3 is 0 Å². The van der Waals surface area contributed by atoms with Crippen molar-refractivity contribution in [1.82, 2.24) is 15.0 Å². The lowest BCUT2D eigenvalue weighted by Crippen LogP contribution is -2.19. The zero-order chi connectivity index (χ0) is 11.4. The standard InChI is InChI=1S/C10H9BrN4O/c11-8-3-1-2-4-9(8)13-10(16)7-15-6-5-12-14-15/h1-6H,7H2,(H,13,16). The first-order valence-electron chi connectivity index (χ1n) is 4.64. The van der Waals surface area contributed by atoms with Crippen LogP contribution in [0.15, 0.2) is 41.1 Å². The molecule has 0 saturated heterocycles. The fourth-order valence-corrected chi connectivity index (χ4v) is 1.60. The maximum Gasteiger partial charge on any atom is 0.246 e. The van der Waals surface area contributed by atoms with Gasteiger partial charge in [0.1, 0.15) is 6.54 Å². The van der Waals surface area contributed by atoms with E-state index in [0.717, 1.165) is 10.2 Å². The first-order valence-corrected chi connectivity index (χ1v) is 5.43. The molecule has 5 nitrogen and oxygen atoms in total. The molecule has 0 aliphatic heterocycles. The highest BCUT2D eigenvalue weighted by atomic mass is 79.9. The number of nitrogens with one attached hydrogen (secondary N) is 1. The molecule has 0 saturated carbocycles. The Kier molecular flexibility index (Phi) is 3.31. The molecule has 1 heterocycles. The van der Waals surface area contributed by atoms with Crippen LogP contribution in [0.25, 0.3) is 0 Å². The third kappa shape index (κ3) is 2.66. The van der Waals surface area contributed by atoms with Crippen molar-refractivity contribution >= 4 is 27.5 Å². The van der Waals surface area contributed by atoms with Gasteiger partial charge in [0, 0.05) is 10.7 Å². The van der Waals surface area contributed by atoms with Gasteiger partial charge in [-0.1, -0.05) is 17.3 Å². The van der Waals surface area contributed by atoms with Crippen LogP contribution in [0.2, 0.25) is 0 Å². The highest BCUT2D eigenvalue weighted by Gasteiger charge is 2.05. The van der Waals surface area contributed by atoms with E-state index in [1.165, 1.54) is 10.9 Å². The fourth-order valence-electron chi connectivity index (χ4n) is 1.22. The monoisotopic (exact) mass is 280 g/mol. The average Bonchev–Trinajstić information content (AvgIpc) is 2.74. The molecule has 0 fully saturated rings. The molecule has 2 aromatic rings. The molecule has 6 heteroatoms. The van der Waals surface area contributed by atoms with E-state index in [1.807, 2.05) is 24.3 Å². The van der Waals surface area contributed by atoms with Gasteiger partial charge in [0.2, 0.25) is 5.91 Å². The Morgan fingerprint density at radius 3 is 2.94 bits per heavy atom. The van der Waals surface area contributed by atoms with Crippen LogP contribution in [0.3, 0.4) is 0 Å². The number of nitrogens with zero attached hydrogens (tertiary/aromatic N) is 3. The number of benzene rings is 1. The van der Waals surface area contributed by atoms with Crippen LogP contribution < -0.4 is 5.32 Å². The summed E-state index contributed by atoms with van der Waals surface area (Å²) in [5.74, 6) is -0.141. The third-order valence-electron chi connectivity index (χ3n) is 1.93. The second kappa shape index (κ2) is 4.89. The number of hydrogen-bond acceptors (Lipinski definition) is 3. The predicted molar refractivity (Wildman–Crippen MR) is 62.8 cm³/mol. The molecule has 0 radical (unpaired) electrons. The first-order chi connectivity index (χ1) is 7.75. The van der Waals surface area contributed by atoms with Crippen molar-refractivity contribution < 1.29 is 4.79 Å². The van der Waals surface area contributed by atoms with Crippen LogP contribution in [0, 0.1) is 0 Å². The lowest BCUT2D eigenvalue weighted by atomic mass is 10.3. The summed E-state index contributed by atoms with van der Waals surface area (Å²) in [7, 11) is 0. The van der Waals surface area contributed by atoms with E-state index in [2.05, 4.69) is 31.6 Å². The number of aromatic nitrogens is 3. The zero-order valence-corrected chi connectivity index (χ0v) is 9.89. The highest BCUT2D eigenvalue weighted by molar-refractivity contribution is 9.10. The Labute approximate surface area is 101 Å². The van der Waals surface area contributed by atoms with Gasteiger partial charge in [-0.15, -0.1) is 5.10 Å². The minimum Gasteiger partial charge on any atom is -0.323 e. The van der Waals surface area contributed by atoms with Crippen molar-refractivity contribution in [2.75, 3.05) is 5.32 Å². The molecule has 82 valence electrons. The van der Waals surface area contributed by atoms with Crippen molar-refractivity contribution in [1.29, 1.82) is 0 Å². The lowest BCUT2D eigenvalue weighted by Gasteiger charge is -2.06. The SMILES string of the molecule is O=C(Cn1ccnn1)Nc1ccccc1Br. The topological polar surface area (TPSA) is 59.8 Å². The molecule has 0 spiro atoms. The third-order valence-corrected chi connectivity index (χ3v) is 2.62. The van der Waals surface area contributed by atoms with E-state index in [0.29, 0.717) is 0 Å². The van der Waals surface area contributed by atoms with Crippen molar-refractivity contribution in [2.45, 2.75) is 6.54 Å². The molecule has 2 rings (SSSR count). The predicted octanol–water partition coefficient (Wildman–Crippen LogP) is 1.68. The Morgan fingerprint density at radius 2 is 2.25 bits per heavy atom. The van der Waals surface area contributed by atoms with Gasteiger partial charge in [0.05, 0.1) is 11.9 Å². The number of rotatable bonds is 3. The maximum absolute atomic E-state index is 11.6. The van der Waals surface area contributed by atoms with E-state index >= 15 is 0 Å². The first kappa shape index (κ1) is 10.8. The van der Waals surface area contributed by atoms with Crippen LogP contribution in [0.1, 0.15) is 0 Å². The van der Waals surface area contributed by atoms with Crippen molar-refractivity contribution in [3.63, 3.8) is 0 Å². The molecular formula is C10H9BrN4O. The molecule has 1 N–H and O–H groups in total. The largest absolute Gasteiger partial charge is 0.323 e.